The second-order valence-corrected chi connectivity index (χ2v) is 7.64. The maximum Gasteiger partial charge on any atom is 0.257 e. The fraction of sp³-hybridized carbons (Fsp3) is 0.409. The summed E-state index contributed by atoms with van der Waals surface area (Å²) in [6, 6.07) is 9.66. The van der Waals surface area contributed by atoms with E-state index >= 15 is 0 Å². The number of H-pyrrole nitrogens is 1. The Hall–Kier alpha value is -3.09. The number of piperidine rings is 1. The second kappa shape index (κ2) is 8.51. The Kier molecular flexibility index (Phi) is 5.64. The number of hydrogen-bond donors (Lipinski definition) is 1. The number of aromatic amines is 1. The van der Waals surface area contributed by atoms with Crippen LogP contribution in [-0.4, -0.2) is 58.3 Å². The van der Waals surface area contributed by atoms with Crippen LogP contribution in [0.3, 0.4) is 0 Å². The molecule has 0 saturated carbocycles. The van der Waals surface area contributed by atoms with Gasteiger partial charge in [0, 0.05) is 39.0 Å². The molecule has 0 radical (unpaired) electrons. The van der Waals surface area contributed by atoms with Crippen LogP contribution in [0.25, 0.3) is 11.0 Å². The molecule has 7 heteroatoms. The summed E-state index contributed by atoms with van der Waals surface area (Å²) >= 11 is 0. The zero-order chi connectivity index (χ0) is 20.2. The fourth-order valence-corrected chi connectivity index (χ4v) is 3.93. The number of fused-ring (bicyclic) bond motifs is 1. The van der Waals surface area contributed by atoms with Gasteiger partial charge in [0.15, 0.2) is 0 Å². The number of carbonyl (C=O) groups excluding carboxylic acids is 2. The smallest absolute Gasteiger partial charge is 0.257 e. The van der Waals surface area contributed by atoms with E-state index in [2.05, 4.69) is 9.97 Å². The number of amides is 2. The van der Waals surface area contributed by atoms with Crippen molar-refractivity contribution in [3.63, 3.8) is 0 Å². The molecular formula is C22H26N4O3. The average molecular weight is 394 g/mol. The van der Waals surface area contributed by atoms with Gasteiger partial charge in [0.1, 0.15) is 12.1 Å². The van der Waals surface area contributed by atoms with Gasteiger partial charge in [-0.2, -0.15) is 0 Å². The van der Waals surface area contributed by atoms with Crippen LogP contribution in [0.15, 0.2) is 47.3 Å². The maximum atomic E-state index is 12.8. The summed E-state index contributed by atoms with van der Waals surface area (Å²) in [6.07, 6.45) is 6.05. The van der Waals surface area contributed by atoms with Crippen LogP contribution in [0.5, 0.6) is 0 Å². The van der Waals surface area contributed by atoms with E-state index in [0.29, 0.717) is 38.0 Å². The van der Waals surface area contributed by atoms with Gasteiger partial charge in [0.25, 0.3) is 5.91 Å². The van der Waals surface area contributed by atoms with Gasteiger partial charge in [-0.3, -0.25) is 9.59 Å². The van der Waals surface area contributed by atoms with Crippen molar-refractivity contribution < 1.29 is 14.0 Å². The van der Waals surface area contributed by atoms with E-state index in [0.717, 1.165) is 29.7 Å². The number of nitrogens with one attached hydrogen (secondary N) is 1. The molecule has 1 aliphatic heterocycles. The summed E-state index contributed by atoms with van der Waals surface area (Å²) in [4.78, 5) is 36.7. The van der Waals surface area contributed by atoms with Gasteiger partial charge in [-0.25, -0.2) is 4.98 Å². The summed E-state index contributed by atoms with van der Waals surface area (Å²) in [5.41, 5.74) is 2.59. The molecule has 3 heterocycles. The predicted octanol–water partition coefficient (Wildman–Crippen LogP) is 3.10. The minimum absolute atomic E-state index is 0.0143. The molecule has 4 rings (SSSR count). The van der Waals surface area contributed by atoms with Gasteiger partial charge < -0.3 is 19.2 Å². The lowest BCUT2D eigenvalue weighted by atomic mass is 9.95. The van der Waals surface area contributed by atoms with E-state index in [-0.39, 0.29) is 17.7 Å². The number of rotatable bonds is 6. The summed E-state index contributed by atoms with van der Waals surface area (Å²) < 4.78 is 4.99. The number of aryl methyl sites for hydroxylation is 1. The monoisotopic (exact) mass is 394 g/mol. The highest BCUT2D eigenvalue weighted by Crippen LogP contribution is 2.21. The Morgan fingerprint density at radius 3 is 2.76 bits per heavy atom. The third-order valence-electron chi connectivity index (χ3n) is 5.62. The minimum Gasteiger partial charge on any atom is -0.472 e. The molecule has 0 aliphatic carbocycles. The van der Waals surface area contributed by atoms with Crippen molar-refractivity contribution in [3.8, 4) is 0 Å². The van der Waals surface area contributed by atoms with Crippen LogP contribution in [0, 0.1) is 5.92 Å². The van der Waals surface area contributed by atoms with Crippen molar-refractivity contribution >= 4 is 22.8 Å². The first-order chi connectivity index (χ1) is 14.1. The molecular weight excluding hydrogens is 368 g/mol. The first kappa shape index (κ1) is 19.2. The summed E-state index contributed by atoms with van der Waals surface area (Å²) in [6.45, 7) is 1.91. The van der Waals surface area contributed by atoms with Crippen LogP contribution in [0.2, 0.25) is 0 Å². The normalized spacial score (nSPS) is 15.0. The van der Waals surface area contributed by atoms with E-state index in [1.807, 2.05) is 36.2 Å². The molecule has 29 heavy (non-hydrogen) atoms. The molecule has 7 nitrogen and oxygen atoms in total. The molecule has 0 unspecified atom stereocenters. The maximum absolute atomic E-state index is 12.8. The Labute approximate surface area is 169 Å². The number of carbonyl (C=O) groups is 2. The van der Waals surface area contributed by atoms with Crippen molar-refractivity contribution in [2.45, 2.75) is 25.7 Å². The zero-order valence-corrected chi connectivity index (χ0v) is 16.6. The van der Waals surface area contributed by atoms with Gasteiger partial charge >= 0.3 is 0 Å². The van der Waals surface area contributed by atoms with E-state index < -0.39 is 0 Å². The fourth-order valence-electron chi connectivity index (χ4n) is 3.93. The van der Waals surface area contributed by atoms with Crippen LogP contribution < -0.4 is 0 Å². The number of nitrogens with zero attached hydrogens (tertiary/aromatic N) is 3. The summed E-state index contributed by atoms with van der Waals surface area (Å²) in [7, 11) is 1.87. The van der Waals surface area contributed by atoms with Crippen LogP contribution in [-0.2, 0) is 11.2 Å². The Morgan fingerprint density at radius 1 is 1.24 bits per heavy atom. The highest BCUT2D eigenvalue weighted by atomic mass is 16.3. The highest BCUT2D eigenvalue weighted by molar-refractivity contribution is 5.94. The first-order valence-electron chi connectivity index (χ1n) is 10.1. The van der Waals surface area contributed by atoms with Crippen molar-refractivity contribution in [1.29, 1.82) is 0 Å². The molecule has 2 amide bonds. The van der Waals surface area contributed by atoms with E-state index in [1.54, 1.807) is 11.0 Å². The number of imidazole rings is 1. The number of benzene rings is 1. The quantitative estimate of drug-likeness (QED) is 0.696. The molecule has 2 aromatic heterocycles. The van der Waals surface area contributed by atoms with Crippen LogP contribution in [0.4, 0.5) is 0 Å². The SMILES string of the molecule is CN(CCCc1nc2ccccc2[nH]1)C(=O)C1CCN(C(=O)c2ccoc2)CC1. The molecule has 3 aromatic rings. The Bertz CT molecular complexity index is 938. The number of para-hydroxylation sites is 2. The highest BCUT2D eigenvalue weighted by Gasteiger charge is 2.29. The van der Waals surface area contributed by atoms with Crippen LogP contribution in [0.1, 0.15) is 35.4 Å². The van der Waals surface area contributed by atoms with Gasteiger partial charge in [0.05, 0.1) is 22.9 Å². The standard InChI is InChI=1S/C22H26N4O3/c1-25(11-4-7-20-23-18-5-2-3-6-19(18)24-20)21(27)16-8-12-26(13-9-16)22(28)17-10-14-29-15-17/h2-3,5-6,10,14-16H,4,7-9,11-13H2,1H3,(H,23,24). The molecule has 0 spiro atoms. The lowest BCUT2D eigenvalue weighted by molar-refractivity contribution is -0.135. The topological polar surface area (TPSA) is 82.4 Å². The zero-order valence-electron chi connectivity index (χ0n) is 16.6. The molecule has 152 valence electrons. The largest absolute Gasteiger partial charge is 0.472 e. The summed E-state index contributed by atoms with van der Waals surface area (Å²) in [5, 5.41) is 0. The van der Waals surface area contributed by atoms with Gasteiger partial charge in [0.2, 0.25) is 5.91 Å². The van der Waals surface area contributed by atoms with Crippen LogP contribution >= 0.6 is 0 Å². The average Bonchev–Trinajstić information content (AvgIpc) is 3.42. The minimum atomic E-state index is -0.0242. The first-order valence-corrected chi connectivity index (χ1v) is 10.1. The van der Waals surface area contributed by atoms with Gasteiger partial charge in [-0.15, -0.1) is 0 Å². The second-order valence-electron chi connectivity index (χ2n) is 7.64. The summed E-state index contributed by atoms with van der Waals surface area (Å²) in [5.74, 6) is 1.09. The molecule has 1 fully saturated rings. The number of likely N-dealkylation sites (tertiary alicyclic amines) is 1. The lowest BCUT2D eigenvalue weighted by Crippen LogP contribution is -2.43. The molecule has 0 atom stereocenters. The lowest BCUT2D eigenvalue weighted by Gasteiger charge is -2.33. The van der Waals surface area contributed by atoms with Gasteiger partial charge in [-0.1, -0.05) is 12.1 Å². The van der Waals surface area contributed by atoms with Gasteiger partial charge in [-0.05, 0) is 37.5 Å². The van der Waals surface area contributed by atoms with Crippen molar-refractivity contribution in [3.05, 3.63) is 54.2 Å². The Morgan fingerprint density at radius 2 is 2.03 bits per heavy atom. The van der Waals surface area contributed by atoms with E-state index in [4.69, 9.17) is 4.42 Å². The number of furan rings is 1. The van der Waals surface area contributed by atoms with Crippen molar-refractivity contribution in [2.24, 2.45) is 5.92 Å². The molecule has 0 bridgehead atoms. The third kappa shape index (κ3) is 4.34. The molecule has 1 saturated heterocycles. The third-order valence-corrected chi connectivity index (χ3v) is 5.62. The number of aromatic nitrogens is 2. The number of hydrogen-bond acceptors (Lipinski definition) is 4. The Balaban J connectivity index is 1.22. The molecule has 1 aromatic carbocycles. The van der Waals surface area contributed by atoms with E-state index in [9.17, 15) is 9.59 Å². The van der Waals surface area contributed by atoms with Crippen molar-refractivity contribution in [2.75, 3.05) is 26.7 Å². The predicted molar refractivity (Wildman–Crippen MR) is 109 cm³/mol. The van der Waals surface area contributed by atoms with Crippen molar-refractivity contribution in [1.82, 2.24) is 19.8 Å². The van der Waals surface area contributed by atoms with E-state index in [1.165, 1.54) is 12.5 Å². The molecule has 1 aliphatic rings. The molecule has 1 N–H and O–H groups in total.